The van der Waals surface area contributed by atoms with E-state index in [0.717, 1.165) is 0 Å². The number of carbonyl (C=O) groups excluding carboxylic acids is 1. The fourth-order valence-electron chi connectivity index (χ4n) is 0.864. The highest BCUT2D eigenvalue weighted by molar-refractivity contribution is 9.09. The molecular formula is C9H8BrFO2. The van der Waals surface area contributed by atoms with Gasteiger partial charge in [0, 0.05) is 5.56 Å². The van der Waals surface area contributed by atoms with Crippen LogP contribution in [0.3, 0.4) is 0 Å². The minimum atomic E-state index is -0.978. The van der Waals surface area contributed by atoms with Crippen LogP contribution in [0.4, 0.5) is 4.39 Å². The lowest BCUT2D eigenvalue weighted by Gasteiger charge is -2.06. The van der Waals surface area contributed by atoms with Crippen molar-refractivity contribution < 1.29 is 13.9 Å². The third-order valence-corrected chi connectivity index (χ3v) is 2.15. The predicted molar refractivity (Wildman–Crippen MR) is 50.5 cm³/mol. The van der Waals surface area contributed by atoms with E-state index in [1.165, 1.54) is 0 Å². The van der Waals surface area contributed by atoms with Crippen molar-refractivity contribution in [2.24, 2.45) is 0 Å². The van der Waals surface area contributed by atoms with E-state index in [1.54, 1.807) is 30.3 Å². The molecule has 0 N–H and O–H groups in total. The Bertz CT molecular complexity index is 276. The van der Waals surface area contributed by atoms with Gasteiger partial charge in [0.15, 0.2) is 11.9 Å². The molecule has 0 spiro atoms. The van der Waals surface area contributed by atoms with Gasteiger partial charge in [-0.15, -0.1) is 0 Å². The molecule has 13 heavy (non-hydrogen) atoms. The van der Waals surface area contributed by atoms with Crippen molar-refractivity contribution >= 4 is 21.7 Å². The normalized spacial score (nSPS) is 12.5. The van der Waals surface area contributed by atoms with E-state index in [4.69, 9.17) is 0 Å². The Labute approximate surface area is 83.8 Å². The first kappa shape index (κ1) is 10.3. The van der Waals surface area contributed by atoms with E-state index >= 15 is 0 Å². The summed E-state index contributed by atoms with van der Waals surface area (Å²) in [7, 11) is 0. The highest BCUT2D eigenvalue weighted by atomic mass is 79.9. The molecule has 1 atom stereocenters. The maximum atomic E-state index is 11.7. The third kappa shape index (κ3) is 2.90. The molecule has 0 fully saturated rings. The van der Waals surface area contributed by atoms with Gasteiger partial charge < -0.3 is 4.74 Å². The second-order valence-corrected chi connectivity index (χ2v) is 3.15. The van der Waals surface area contributed by atoms with Gasteiger partial charge >= 0.3 is 0 Å². The minimum Gasteiger partial charge on any atom is -0.328 e. The standard InChI is InChI=1S/C9H8BrFO2/c10-9(13-6-11)8(12)7-4-2-1-3-5-7/h1-5,9H,6H2. The van der Waals surface area contributed by atoms with Gasteiger partial charge in [0.05, 0.1) is 0 Å². The summed E-state index contributed by atoms with van der Waals surface area (Å²) in [6.45, 7) is -0.978. The maximum absolute atomic E-state index is 11.7. The first-order valence-electron chi connectivity index (χ1n) is 3.66. The number of rotatable bonds is 4. The van der Waals surface area contributed by atoms with E-state index in [1.807, 2.05) is 0 Å². The van der Waals surface area contributed by atoms with Crippen LogP contribution in [0.2, 0.25) is 0 Å². The number of hydrogen-bond donors (Lipinski definition) is 0. The minimum absolute atomic E-state index is 0.279. The molecule has 0 radical (unpaired) electrons. The van der Waals surface area contributed by atoms with E-state index in [2.05, 4.69) is 20.7 Å². The van der Waals surface area contributed by atoms with Gasteiger partial charge in [-0.1, -0.05) is 30.3 Å². The van der Waals surface area contributed by atoms with Crippen molar-refractivity contribution in [2.45, 2.75) is 5.01 Å². The molecule has 4 heteroatoms. The topological polar surface area (TPSA) is 26.3 Å². The Kier molecular flexibility index (Phi) is 4.05. The summed E-state index contributed by atoms with van der Waals surface area (Å²) in [5.74, 6) is -0.279. The quantitative estimate of drug-likeness (QED) is 0.603. The lowest BCUT2D eigenvalue weighted by molar-refractivity contribution is 0.0381. The van der Waals surface area contributed by atoms with Gasteiger partial charge in [0.1, 0.15) is 0 Å². The molecule has 0 aromatic heterocycles. The first-order valence-corrected chi connectivity index (χ1v) is 4.58. The molecule has 1 aromatic rings. The summed E-state index contributed by atoms with van der Waals surface area (Å²) < 4.78 is 16.2. The molecular weight excluding hydrogens is 239 g/mol. The molecule has 0 heterocycles. The molecule has 0 aliphatic rings. The fourth-order valence-corrected chi connectivity index (χ4v) is 1.23. The van der Waals surface area contributed by atoms with Gasteiger partial charge in [-0.25, -0.2) is 4.39 Å². The Morgan fingerprint density at radius 1 is 1.46 bits per heavy atom. The van der Waals surface area contributed by atoms with E-state index in [0.29, 0.717) is 5.56 Å². The Morgan fingerprint density at radius 3 is 2.62 bits per heavy atom. The summed E-state index contributed by atoms with van der Waals surface area (Å²) in [4.78, 5) is 11.4. The summed E-state index contributed by atoms with van der Waals surface area (Å²) in [6.07, 6.45) is 0. The fraction of sp³-hybridized carbons (Fsp3) is 0.222. The Balaban J connectivity index is 2.68. The first-order chi connectivity index (χ1) is 6.25. The third-order valence-electron chi connectivity index (χ3n) is 1.47. The number of halogens is 2. The van der Waals surface area contributed by atoms with Crippen molar-refractivity contribution in [1.82, 2.24) is 0 Å². The molecule has 1 rings (SSSR count). The summed E-state index contributed by atoms with van der Waals surface area (Å²) >= 11 is 2.93. The number of ether oxygens (including phenoxy) is 1. The average Bonchev–Trinajstić information content (AvgIpc) is 2.18. The Morgan fingerprint density at radius 2 is 2.08 bits per heavy atom. The van der Waals surface area contributed by atoms with Gasteiger partial charge in [0.25, 0.3) is 0 Å². The molecule has 1 unspecified atom stereocenters. The Hall–Kier alpha value is -0.740. The monoisotopic (exact) mass is 246 g/mol. The molecule has 70 valence electrons. The molecule has 0 aliphatic heterocycles. The summed E-state index contributed by atoms with van der Waals surface area (Å²) in [5, 5.41) is -0.903. The lowest BCUT2D eigenvalue weighted by atomic mass is 10.1. The molecule has 0 amide bonds. The van der Waals surface area contributed by atoms with Crippen LogP contribution in [-0.4, -0.2) is 17.7 Å². The molecule has 0 bridgehead atoms. The smallest absolute Gasteiger partial charge is 0.202 e. The van der Waals surface area contributed by atoms with Crippen LogP contribution in [-0.2, 0) is 4.74 Å². The van der Waals surface area contributed by atoms with Crippen LogP contribution in [0.5, 0.6) is 0 Å². The highest BCUT2D eigenvalue weighted by Crippen LogP contribution is 2.11. The predicted octanol–water partition coefficient (Wildman–Crippen LogP) is 2.53. The lowest BCUT2D eigenvalue weighted by Crippen LogP contribution is -2.17. The van der Waals surface area contributed by atoms with E-state index in [9.17, 15) is 9.18 Å². The van der Waals surface area contributed by atoms with E-state index in [-0.39, 0.29) is 5.78 Å². The van der Waals surface area contributed by atoms with Crippen molar-refractivity contribution in [3.8, 4) is 0 Å². The maximum Gasteiger partial charge on any atom is 0.202 e. The second-order valence-electron chi connectivity index (χ2n) is 2.32. The molecule has 1 aromatic carbocycles. The zero-order chi connectivity index (χ0) is 9.68. The molecule has 2 nitrogen and oxygen atoms in total. The van der Waals surface area contributed by atoms with Crippen LogP contribution >= 0.6 is 15.9 Å². The summed E-state index contributed by atoms with van der Waals surface area (Å²) in [5.41, 5.74) is 0.498. The zero-order valence-corrected chi connectivity index (χ0v) is 8.33. The van der Waals surface area contributed by atoms with Gasteiger partial charge in [-0.2, -0.15) is 0 Å². The van der Waals surface area contributed by atoms with Crippen LogP contribution in [0.1, 0.15) is 10.4 Å². The average molecular weight is 247 g/mol. The van der Waals surface area contributed by atoms with E-state index < -0.39 is 11.9 Å². The van der Waals surface area contributed by atoms with Crippen LogP contribution in [0.25, 0.3) is 0 Å². The van der Waals surface area contributed by atoms with Gasteiger partial charge in [-0.3, -0.25) is 4.79 Å². The van der Waals surface area contributed by atoms with Gasteiger partial charge in [0.2, 0.25) is 5.78 Å². The van der Waals surface area contributed by atoms with Crippen LogP contribution in [0, 0.1) is 0 Å². The number of benzene rings is 1. The number of carbonyl (C=O) groups is 1. The molecule has 0 saturated carbocycles. The number of alkyl halides is 2. The van der Waals surface area contributed by atoms with Crippen molar-refractivity contribution in [3.05, 3.63) is 35.9 Å². The highest BCUT2D eigenvalue weighted by Gasteiger charge is 2.16. The van der Waals surface area contributed by atoms with Crippen LogP contribution < -0.4 is 0 Å². The SMILES string of the molecule is O=C(c1ccccc1)C(Br)OCF. The van der Waals surface area contributed by atoms with Crippen LogP contribution in [0.15, 0.2) is 30.3 Å². The molecule has 0 aliphatic carbocycles. The largest absolute Gasteiger partial charge is 0.328 e. The number of Topliss-reactive ketones (excluding diaryl/α,β-unsaturated/α-hetero) is 1. The van der Waals surface area contributed by atoms with Crippen molar-refractivity contribution in [2.75, 3.05) is 6.86 Å². The van der Waals surface area contributed by atoms with Crippen molar-refractivity contribution in [3.63, 3.8) is 0 Å². The second kappa shape index (κ2) is 5.09. The van der Waals surface area contributed by atoms with Crippen molar-refractivity contribution in [1.29, 1.82) is 0 Å². The number of hydrogen-bond acceptors (Lipinski definition) is 2. The summed E-state index contributed by atoms with van der Waals surface area (Å²) in [6, 6.07) is 8.58. The van der Waals surface area contributed by atoms with Gasteiger partial charge in [-0.05, 0) is 15.9 Å². The molecule has 0 saturated heterocycles. The number of ketones is 1. The zero-order valence-electron chi connectivity index (χ0n) is 6.74.